The van der Waals surface area contributed by atoms with E-state index >= 15 is 0 Å². The van der Waals surface area contributed by atoms with Gasteiger partial charge in [-0.3, -0.25) is 4.68 Å². The number of aromatic nitrogens is 2. The molecular formula is C13H14Br2N2O2. The SMILES string of the molecule is CCn1ncc(OC)c1C(O)c1ccc(Br)c(Br)c1. The van der Waals surface area contributed by atoms with E-state index in [1.54, 1.807) is 18.0 Å². The number of rotatable bonds is 4. The summed E-state index contributed by atoms with van der Waals surface area (Å²) in [6.45, 7) is 2.65. The molecule has 19 heavy (non-hydrogen) atoms. The summed E-state index contributed by atoms with van der Waals surface area (Å²) >= 11 is 6.85. The highest BCUT2D eigenvalue weighted by molar-refractivity contribution is 9.13. The van der Waals surface area contributed by atoms with Crippen LogP contribution in [0.2, 0.25) is 0 Å². The van der Waals surface area contributed by atoms with E-state index in [4.69, 9.17) is 4.74 Å². The molecule has 4 nitrogen and oxygen atoms in total. The average molecular weight is 390 g/mol. The summed E-state index contributed by atoms with van der Waals surface area (Å²) in [4.78, 5) is 0. The molecule has 0 saturated carbocycles. The Balaban J connectivity index is 2.45. The van der Waals surface area contributed by atoms with Crippen molar-refractivity contribution in [3.63, 3.8) is 0 Å². The second kappa shape index (κ2) is 6.07. The van der Waals surface area contributed by atoms with Gasteiger partial charge in [0.25, 0.3) is 0 Å². The minimum atomic E-state index is -0.776. The lowest BCUT2D eigenvalue weighted by molar-refractivity contribution is 0.202. The summed E-state index contributed by atoms with van der Waals surface area (Å²) in [6, 6.07) is 5.63. The molecule has 0 aliphatic carbocycles. The molecule has 1 unspecified atom stereocenters. The predicted octanol–water partition coefficient (Wildman–Crippen LogP) is 3.52. The third-order valence-electron chi connectivity index (χ3n) is 2.88. The first-order chi connectivity index (χ1) is 9.08. The lowest BCUT2D eigenvalue weighted by Gasteiger charge is -2.15. The van der Waals surface area contributed by atoms with Crippen molar-refractivity contribution < 1.29 is 9.84 Å². The van der Waals surface area contributed by atoms with Crippen molar-refractivity contribution in [1.82, 2.24) is 9.78 Å². The zero-order valence-corrected chi connectivity index (χ0v) is 13.8. The highest BCUT2D eigenvalue weighted by Gasteiger charge is 2.21. The Bertz CT molecular complexity index is 563. The van der Waals surface area contributed by atoms with Crippen molar-refractivity contribution in [2.75, 3.05) is 7.11 Å². The molecule has 1 aromatic carbocycles. The monoisotopic (exact) mass is 388 g/mol. The van der Waals surface area contributed by atoms with Gasteiger partial charge in [0, 0.05) is 15.5 Å². The van der Waals surface area contributed by atoms with Crippen LogP contribution < -0.4 is 4.74 Å². The molecule has 0 saturated heterocycles. The van der Waals surface area contributed by atoms with Crippen molar-refractivity contribution in [2.24, 2.45) is 0 Å². The Morgan fingerprint density at radius 3 is 2.68 bits per heavy atom. The first kappa shape index (κ1) is 14.6. The maximum atomic E-state index is 10.5. The summed E-state index contributed by atoms with van der Waals surface area (Å²) < 4.78 is 8.83. The Morgan fingerprint density at radius 1 is 1.37 bits per heavy atom. The number of benzene rings is 1. The van der Waals surface area contributed by atoms with Crippen molar-refractivity contribution in [3.05, 3.63) is 44.6 Å². The Kier molecular flexibility index (Phi) is 4.65. The number of hydrogen-bond acceptors (Lipinski definition) is 3. The maximum Gasteiger partial charge on any atom is 0.163 e. The fraction of sp³-hybridized carbons (Fsp3) is 0.308. The van der Waals surface area contributed by atoms with Crippen LogP contribution in [0, 0.1) is 0 Å². The van der Waals surface area contributed by atoms with Crippen molar-refractivity contribution >= 4 is 31.9 Å². The first-order valence-electron chi connectivity index (χ1n) is 5.81. The van der Waals surface area contributed by atoms with Gasteiger partial charge in [0.1, 0.15) is 11.8 Å². The fourth-order valence-electron chi connectivity index (χ4n) is 1.90. The number of hydrogen-bond donors (Lipinski definition) is 1. The summed E-state index contributed by atoms with van der Waals surface area (Å²) in [6.07, 6.45) is 0.845. The summed E-state index contributed by atoms with van der Waals surface area (Å²) in [5, 5.41) is 14.7. The molecule has 2 rings (SSSR count). The molecule has 2 aromatic rings. The van der Waals surface area contributed by atoms with E-state index in [9.17, 15) is 5.11 Å². The number of aliphatic hydroxyl groups is 1. The lowest BCUT2D eigenvalue weighted by Crippen LogP contribution is -2.10. The van der Waals surface area contributed by atoms with Crippen LogP contribution in [0.4, 0.5) is 0 Å². The fourth-order valence-corrected chi connectivity index (χ4v) is 2.55. The summed E-state index contributed by atoms with van der Waals surface area (Å²) in [5.41, 5.74) is 1.45. The van der Waals surface area contributed by atoms with E-state index in [0.29, 0.717) is 18.0 Å². The van der Waals surface area contributed by atoms with E-state index in [1.165, 1.54) is 0 Å². The van der Waals surface area contributed by atoms with E-state index in [1.807, 2.05) is 25.1 Å². The van der Waals surface area contributed by atoms with Crippen LogP contribution in [0.5, 0.6) is 5.75 Å². The normalized spacial score (nSPS) is 12.5. The molecule has 102 valence electrons. The van der Waals surface area contributed by atoms with Gasteiger partial charge < -0.3 is 9.84 Å². The second-order valence-electron chi connectivity index (χ2n) is 3.99. The zero-order valence-electron chi connectivity index (χ0n) is 10.6. The molecule has 0 fully saturated rings. The third-order valence-corrected chi connectivity index (χ3v) is 4.76. The number of ether oxygens (including phenoxy) is 1. The van der Waals surface area contributed by atoms with Gasteiger partial charge in [-0.15, -0.1) is 0 Å². The van der Waals surface area contributed by atoms with Crippen LogP contribution in [0.3, 0.4) is 0 Å². The van der Waals surface area contributed by atoms with E-state index < -0.39 is 6.10 Å². The molecule has 1 aromatic heterocycles. The number of halogens is 2. The molecule has 1 N–H and O–H groups in total. The molecule has 1 atom stereocenters. The van der Waals surface area contributed by atoms with Gasteiger partial charge >= 0.3 is 0 Å². The molecule has 0 radical (unpaired) electrons. The number of methoxy groups -OCH3 is 1. The first-order valence-corrected chi connectivity index (χ1v) is 7.39. The minimum Gasteiger partial charge on any atom is -0.493 e. The van der Waals surface area contributed by atoms with Crippen molar-refractivity contribution in [1.29, 1.82) is 0 Å². The maximum absolute atomic E-state index is 10.5. The van der Waals surface area contributed by atoms with E-state index in [-0.39, 0.29) is 0 Å². The third kappa shape index (κ3) is 2.85. The topological polar surface area (TPSA) is 47.3 Å². The van der Waals surface area contributed by atoms with Gasteiger partial charge in [-0.05, 0) is 56.5 Å². The molecular weight excluding hydrogens is 376 g/mol. The van der Waals surface area contributed by atoms with Crippen LogP contribution in [-0.4, -0.2) is 22.0 Å². The van der Waals surface area contributed by atoms with Gasteiger partial charge in [-0.25, -0.2) is 0 Å². The van der Waals surface area contributed by atoms with E-state index in [0.717, 1.165) is 14.5 Å². The average Bonchev–Trinajstić information content (AvgIpc) is 2.83. The number of aliphatic hydroxyl groups excluding tert-OH is 1. The Labute approximate surface area is 128 Å². The molecule has 0 aliphatic heterocycles. The van der Waals surface area contributed by atoms with E-state index in [2.05, 4.69) is 37.0 Å². The standard InChI is InChI=1S/C13H14Br2N2O2/c1-3-17-12(11(19-2)7-16-17)13(18)8-4-5-9(14)10(15)6-8/h4-7,13,18H,3H2,1-2H3. The number of nitrogens with zero attached hydrogens (tertiary/aromatic N) is 2. The molecule has 0 bridgehead atoms. The zero-order chi connectivity index (χ0) is 14.0. The van der Waals surface area contributed by atoms with Gasteiger partial charge in [0.15, 0.2) is 5.75 Å². The van der Waals surface area contributed by atoms with Gasteiger partial charge in [-0.2, -0.15) is 5.10 Å². The predicted molar refractivity (Wildman–Crippen MR) is 80.4 cm³/mol. The van der Waals surface area contributed by atoms with Gasteiger partial charge in [0.2, 0.25) is 0 Å². The van der Waals surface area contributed by atoms with Crippen LogP contribution in [0.25, 0.3) is 0 Å². The lowest BCUT2D eigenvalue weighted by atomic mass is 10.1. The van der Waals surface area contributed by atoms with Crippen LogP contribution >= 0.6 is 31.9 Å². The number of aryl methyl sites for hydroxylation is 1. The molecule has 0 amide bonds. The minimum absolute atomic E-state index is 0.591. The quantitative estimate of drug-likeness (QED) is 0.870. The second-order valence-corrected chi connectivity index (χ2v) is 5.70. The smallest absolute Gasteiger partial charge is 0.163 e. The molecule has 0 spiro atoms. The van der Waals surface area contributed by atoms with Gasteiger partial charge in [0.05, 0.1) is 13.3 Å². The van der Waals surface area contributed by atoms with Crippen molar-refractivity contribution in [3.8, 4) is 5.75 Å². The molecule has 0 aliphatic rings. The van der Waals surface area contributed by atoms with Crippen LogP contribution in [0.1, 0.15) is 24.3 Å². The van der Waals surface area contributed by atoms with Crippen LogP contribution in [0.15, 0.2) is 33.3 Å². The molecule has 1 heterocycles. The summed E-state index contributed by atoms with van der Waals surface area (Å²) in [5.74, 6) is 0.591. The summed E-state index contributed by atoms with van der Waals surface area (Å²) in [7, 11) is 1.57. The highest BCUT2D eigenvalue weighted by Crippen LogP contribution is 2.33. The highest BCUT2D eigenvalue weighted by atomic mass is 79.9. The Morgan fingerprint density at radius 2 is 2.11 bits per heavy atom. The van der Waals surface area contributed by atoms with Crippen LogP contribution in [-0.2, 0) is 6.54 Å². The van der Waals surface area contributed by atoms with Gasteiger partial charge in [-0.1, -0.05) is 6.07 Å². The largest absolute Gasteiger partial charge is 0.493 e. The Hall–Kier alpha value is -0.850. The van der Waals surface area contributed by atoms with Crippen molar-refractivity contribution in [2.45, 2.75) is 19.6 Å². The molecule has 6 heteroatoms.